The van der Waals surface area contributed by atoms with Crippen molar-refractivity contribution in [1.29, 1.82) is 0 Å². The van der Waals surface area contributed by atoms with Gasteiger partial charge in [0.1, 0.15) is 6.61 Å². The average molecular weight is 282 g/mol. The number of hydrogen-bond acceptors (Lipinski definition) is 4. The van der Waals surface area contributed by atoms with E-state index in [4.69, 9.17) is 5.11 Å². The Morgan fingerprint density at radius 2 is 1.48 bits per heavy atom. The maximum Gasteiger partial charge on any atom is 0.506 e. The minimum atomic E-state index is -1.39. The molecule has 1 N–H and O–H groups in total. The minimum absolute atomic E-state index is 0.161. The molecule has 21 heavy (non-hydrogen) atoms. The Kier molecular flexibility index (Phi) is 3.02. The number of carboxylic acid groups (broad SMARTS) is 1. The van der Waals surface area contributed by atoms with Crippen molar-refractivity contribution in [3.63, 3.8) is 0 Å². The molecule has 2 aromatic rings. The van der Waals surface area contributed by atoms with E-state index in [0.717, 1.165) is 0 Å². The maximum atomic E-state index is 12.4. The summed E-state index contributed by atoms with van der Waals surface area (Å²) in [5.74, 6) is -0.441. The molecule has 104 valence electrons. The topological polar surface area (TPSA) is 80.7 Å². The number of rotatable bonds is 2. The number of hydrogen-bond donors (Lipinski definition) is 1. The summed E-state index contributed by atoms with van der Waals surface area (Å²) < 4.78 is 4.47. The molecular formula is C16H10O5. The highest BCUT2D eigenvalue weighted by Gasteiger charge is 2.29. The van der Waals surface area contributed by atoms with E-state index in [1.807, 2.05) is 0 Å². The van der Waals surface area contributed by atoms with Gasteiger partial charge in [-0.1, -0.05) is 30.3 Å². The van der Waals surface area contributed by atoms with Gasteiger partial charge in [0.2, 0.25) is 0 Å². The summed E-state index contributed by atoms with van der Waals surface area (Å²) in [4.78, 5) is 35.2. The van der Waals surface area contributed by atoms with Gasteiger partial charge < -0.3 is 9.84 Å². The molecule has 0 aromatic heterocycles. The van der Waals surface area contributed by atoms with Gasteiger partial charge in [-0.25, -0.2) is 4.79 Å². The molecule has 0 amide bonds. The zero-order chi connectivity index (χ0) is 15.0. The van der Waals surface area contributed by atoms with Crippen LogP contribution in [0.5, 0.6) is 0 Å². The van der Waals surface area contributed by atoms with Gasteiger partial charge in [-0.2, -0.15) is 0 Å². The molecule has 0 spiro atoms. The normalized spacial score (nSPS) is 12.6. The van der Waals surface area contributed by atoms with Crippen LogP contribution >= 0.6 is 0 Å². The molecule has 0 atom stereocenters. The number of benzene rings is 2. The van der Waals surface area contributed by atoms with E-state index in [1.165, 1.54) is 12.1 Å². The Bertz CT molecular complexity index is 776. The second-order valence-electron chi connectivity index (χ2n) is 4.64. The lowest BCUT2D eigenvalue weighted by atomic mass is 9.83. The van der Waals surface area contributed by atoms with Gasteiger partial charge in [0.15, 0.2) is 11.6 Å². The zero-order valence-electron chi connectivity index (χ0n) is 10.8. The Morgan fingerprint density at radius 1 is 0.905 bits per heavy atom. The van der Waals surface area contributed by atoms with Crippen molar-refractivity contribution < 1.29 is 24.2 Å². The minimum Gasteiger partial charge on any atom is -0.450 e. The van der Waals surface area contributed by atoms with Crippen LogP contribution in [0.1, 0.15) is 37.4 Å². The van der Waals surface area contributed by atoms with Crippen molar-refractivity contribution in [2.24, 2.45) is 0 Å². The number of fused-ring (bicyclic) bond motifs is 2. The van der Waals surface area contributed by atoms with E-state index < -0.39 is 6.16 Å². The Hall–Kier alpha value is -2.95. The zero-order valence-corrected chi connectivity index (χ0v) is 10.8. The Labute approximate surface area is 119 Å². The van der Waals surface area contributed by atoms with Crippen LogP contribution in [0, 0.1) is 0 Å². The van der Waals surface area contributed by atoms with Crippen molar-refractivity contribution in [2.75, 3.05) is 0 Å². The molecule has 0 fully saturated rings. The fourth-order valence-electron chi connectivity index (χ4n) is 2.38. The van der Waals surface area contributed by atoms with Crippen molar-refractivity contribution in [3.05, 3.63) is 70.3 Å². The van der Waals surface area contributed by atoms with Crippen LogP contribution in [-0.2, 0) is 11.3 Å². The molecule has 2 aromatic carbocycles. The predicted molar refractivity (Wildman–Crippen MR) is 72.6 cm³/mol. The standard InChI is InChI=1S/C16H10O5/c17-14-10-3-1-2-4-11(10)15(18)13-7-9(5-6-12(13)14)8-21-16(19)20/h1-7H,8H2,(H,19,20). The van der Waals surface area contributed by atoms with Gasteiger partial charge in [-0.15, -0.1) is 0 Å². The van der Waals surface area contributed by atoms with Crippen LogP contribution in [0.15, 0.2) is 42.5 Å². The molecule has 5 heteroatoms. The fraction of sp³-hybridized carbons (Fsp3) is 0.0625. The SMILES string of the molecule is O=C(O)OCc1ccc2c(c1)C(=O)c1ccccc1C2=O. The number of ketones is 2. The quantitative estimate of drug-likeness (QED) is 0.731. The van der Waals surface area contributed by atoms with Gasteiger partial charge in [0.25, 0.3) is 0 Å². The van der Waals surface area contributed by atoms with Crippen LogP contribution in [-0.4, -0.2) is 22.8 Å². The highest BCUT2D eigenvalue weighted by Crippen LogP contribution is 2.27. The van der Waals surface area contributed by atoms with Gasteiger partial charge in [0, 0.05) is 22.3 Å². The van der Waals surface area contributed by atoms with E-state index >= 15 is 0 Å². The van der Waals surface area contributed by atoms with Crippen LogP contribution < -0.4 is 0 Å². The maximum absolute atomic E-state index is 12.4. The van der Waals surface area contributed by atoms with Crippen LogP contribution in [0.4, 0.5) is 4.79 Å². The summed E-state index contributed by atoms with van der Waals surface area (Å²) in [5.41, 5.74) is 1.90. The first kappa shape index (κ1) is 13.1. The van der Waals surface area contributed by atoms with Gasteiger partial charge >= 0.3 is 6.16 Å². The highest BCUT2D eigenvalue weighted by atomic mass is 16.7. The van der Waals surface area contributed by atoms with Crippen LogP contribution in [0.25, 0.3) is 0 Å². The molecule has 0 heterocycles. The van der Waals surface area contributed by atoms with Crippen molar-refractivity contribution in [2.45, 2.75) is 6.61 Å². The third kappa shape index (κ3) is 2.18. The molecule has 0 aliphatic heterocycles. The first-order valence-electron chi connectivity index (χ1n) is 6.25. The van der Waals surface area contributed by atoms with Gasteiger partial charge in [-0.3, -0.25) is 9.59 Å². The molecule has 3 rings (SSSR count). The van der Waals surface area contributed by atoms with Gasteiger partial charge in [-0.05, 0) is 17.7 Å². The van der Waals surface area contributed by atoms with E-state index in [2.05, 4.69) is 4.74 Å². The Morgan fingerprint density at radius 3 is 2.10 bits per heavy atom. The summed E-state index contributed by atoms with van der Waals surface area (Å²) in [6.45, 7) is -0.161. The molecular weight excluding hydrogens is 272 g/mol. The molecule has 1 aliphatic rings. The van der Waals surface area contributed by atoms with E-state index in [-0.39, 0.29) is 23.7 Å². The summed E-state index contributed by atoms with van der Waals surface area (Å²) in [7, 11) is 0. The lowest BCUT2D eigenvalue weighted by Gasteiger charge is -2.17. The fourth-order valence-corrected chi connectivity index (χ4v) is 2.38. The van der Waals surface area contributed by atoms with Crippen molar-refractivity contribution in [1.82, 2.24) is 0 Å². The molecule has 0 unspecified atom stereocenters. The molecule has 0 saturated carbocycles. The second-order valence-corrected chi connectivity index (χ2v) is 4.64. The summed E-state index contributed by atoms with van der Waals surface area (Å²) in [6.07, 6.45) is -1.39. The van der Waals surface area contributed by atoms with E-state index in [1.54, 1.807) is 30.3 Å². The van der Waals surface area contributed by atoms with E-state index in [9.17, 15) is 14.4 Å². The summed E-state index contributed by atoms with van der Waals surface area (Å²) in [5, 5.41) is 8.49. The van der Waals surface area contributed by atoms with Crippen molar-refractivity contribution in [3.8, 4) is 0 Å². The number of carbonyl (C=O) groups excluding carboxylic acids is 2. The Balaban J connectivity index is 2.04. The third-order valence-electron chi connectivity index (χ3n) is 3.35. The van der Waals surface area contributed by atoms with Gasteiger partial charge in [0.05, 0.1) is 0 Å². The van der Waals surface area contributed by atoms with E-state index in [0.29, 0.717) is 22.3 Å². The monoisotopic (exact) mass is 282 g/mol. The van der Waals surface area contributed by atoms with Crippen LogP contribution in [0.2, 0.25) is 0 Å². The first-order chi connectivity index (χ1) is 10.1. The highest BCUT2D eigenvalue weighted by molar-refractivity contribution is 6.28. The van der Waals surface area contributed by atoms with Crippen LogP contribution in [0.3, 0.4) is 0 Å². The van der Waals surface area contributed by atoms with Crippen molar-refractivity contribution >= 4 is 17.7 Å². The third-order valence-corrected chi connectivity index (χ3v) is 3.35. The number of carbonyl (C=O) groups is 3. The summed E-state index contributed by atoms with van der Waals surface area (Å²) in [6, 6.07) is 11.3. The largest absolute Gasteiger partial charge is 0.506 e. The smallest absolute Gasteiger partial charge is 0.450 e. The molecule has 1 aliphatic carbocycles. The summed E-state index contributed by atoms with van der Waals surface area (Å²) >= 11 is 0. The molecule has 0 saturated heterocycles. The lowest BCUT2D eigenvalue weighted by molar-refractivity contribution is 0.0852. The first-order valence-corrected chi connectivity index (χ1v) is 6.25. The molecule has 0 radical (unpaired) electrons. The predicted octanol–water partition coefficient (Wildman–Crippen LogP) is 2.66. The molecule has 5 nitrogen and oxygen atoms in total. The second kappa shape index (κ2) is 4.86. The number of ether oxygens (including phenoxy) is 1. The average Bonchev–Trinajstić information content (AvgIpc) is 2.50. The molecule has 0 bridgehead atoms. The lowest BCUT2D eigenvalue weighted by Crippen LogP contribution is -2.21.